The van der Waals surface area contributed by atoms with E-state index in [1.54, 1.807) is 18.3 Å². The third-order valence-corrected chi connectivity index (χ3v) is 2.99. The van der Waals surface area contributed by atoms with Gasteiger partial charge in [-0.3, -0.25) is 0 Å². The number of rotatable bonds is 1. The van der Waals surface area contributed by atoms with Crippen molar-refractivity contribution in [1.29, 1.82) is 0 Å². The maximum Gasteiger partial charge on any atom is 0.272 e. The number of hydrogen-bond donors (Lipinski definition) is 0. The molecule has 3 rings (SSSR count). The lowest BCUT2D eigenvalue weighted by molar-refractivity contribution is 0.901. The molecule has 0 amide bonds. The third kappa shape index (κ3) is 1.83. The second-order valence-corrected chi connectivity index (χ2v) is 4.16. The Morgan fingerprint density at radius 2 is 2.00 bits per heavy atom. The van der Waals surface area contributed by atoms with E-state index in [-0.39, 0.29) is 0 Å². The Kier molecular flexibility index (Phi) is 2.42. The number of fused-ring (bicyclic) bond motifs is 1. The molecule has 0 saturated carbocycles. The van der Waals surface area contributed by atoms with Crippen LogP contribution in [0.25, 0.3) is 17.0 Å². The molecule has 0 bridgehead atoms. The molecule has 0 fully saturated rings. The zero-order valence-corrected chi connectivity index (χ0v) is 9.89. The fourth-order valence-electron chi connectivity index (χ4n) is 1.43. The van der Waals surface area contributed by atoms with Crippen LogP contribution in [0.15, 0.2) is 30.7 Å². The van der Waals surface area contributed by atoms with E-state index in [0.29, 0.717) is 21.5 Å². The van der Waals surface area contributed by atoms with Gasteiger partial charge in [-0.05, 0) is 12.1 Å². The van der Waals surface area contributed by atoms with Crippen molar-refractivity contribution in [2.45, 2.75) is 0 Å². The SMILES string of the molecule is Clc1ccc(-c2cnn3cnnc3n2)cc1Cl. The highest BCUT2D eigenvalue weighted by Crippen LogP contribution is 2.27. The van der Waals surface area contributed by atoms with Gasteiger partial charge in [0.2, 0.25) is 0 Å². The molecule has 0 radical (unpaired) electrons. The topological polar surface area (TPSA) is 56.0 Å². The minimum absolute atomic E-state index is 0.438. The fraction of sp³-hybridized carbons (Fsp3) is 0. The molecule has 2 aromatic heterocycles. The summed E-state index contributed by atoms with van der Waals surface area (Å²) in [5.41, 5.74) is 1.50. The van der Waals surface area contributed by atoms with E-state index >= 15 is 0 Å². The number of benzene rings is 1. The van der Waals surface area contributed by atoms with Gasteiger partial charge in [-0.15, -0.1) is 10.2 Å². The van der Waals surface area contributed by atoms with Crippen LogP contribution in [0.3, 0.4) is 0 Å². The first-order chi connectivity index (χ1) is 8.24. The van der Waals surface area contributed by atoms with Gasteiger partial charge < -0.3 is 0 Å². The van der Waals surface area contributed by atoms with Gasteiger partial charge in [-0.2, -0.15) is 9.61 Å². The molecule has 0 N–H and O–H groups in total. The Bertz CT molecular complexity index is 694. The van der Waals surface area contributed by atoms with Gasteiger partial charge in [0.05, 0.1) is 21.9 Å². The number of aromatic nitrogens is 5. The lowest BCUT2D eigenvalue weighted by Gasteiger charge is -2.02. The number of hydrogen-bond acceptors (Lipinski definition) is 4. The summed E-state index contributed by atoms with van der Waals surface area (Å²) in [5.74, 6) is 0.438. The largest absolute Gasteiger partial charge is 0.272 e. The van der Waals surface area contributed by atoms with Crippen LogP contribution in [0.5, 0.6) is 0 Å². The van der Waals surface area contributed by atoms with Crippen LogP contribution in [-0.4, -0.2) is 24.8 Å². The van der Waals surface area contributed by atoms with E-state index in [1.807, 2.05) is 6.07 Å². The summed E-state index contributed by atoms with van der Waals surface area (Å²) < 4.78 is 1.49. The molecule has 0 saturated heterocycles. The summed E-state index contributed by atoms with van der Waals surface area (Å²) in [6.45, 7) is 0. The monoisotopic (exact) mass is 265 g/mol. The minimum Gasteiger partial charge on any atom is -0.208 e. The maximum atomic E-state index is 5.95. The van der Waals surface area contributed by atoms with Crippen LogP contribution in [0, 0.1) is 0 Å². The molecule has 17 heavy (non-hydrogen) atoms. The number of halogens is 2. The van der Waals surface area contributed by atoms with E-state index < -0.39 is 0 Å². The quantitative estimate of drug-likeness (QED) is 0.679. The third-order valence-electron chi connectivity index (χ3n) is 2.25. The van der Waals surface area contributed by atoms with Crippen LogP contribution >= 0.6 is 23.2 Å². The summed E-state index contributed by atoms with van der Waals surface area (Å²) in [6.07, 6.45) is 3.11. The standard InChI is InChI=1S/C10H5Cl2N5/c11-7-2-1-6(3-8(7)12)9-4-14-17-5-13-16-10(17)15-9/h1-5H. The Hall–Kier alpha value is -1.72. The van der Waals surface area contributed by atoms with Crippen molar-refractivity contribution < 1.29 is 0 Å². The first-order valence-electron chi connectivity index (χ1n) is 4.72. The molecule has 0 atom stereocenters. The van der Waals surface area contributed by atoms with E-state index in [2.05, 4.69) is 20.3 Å². The predicted molar refractivity (Wildman–Crippen MR) is 64.0 cm³/mol. The Balaban J connectivity index is 2.16. The fourth-order valence-corrected chi connectivity index (χ4v) is 1.72. The van der Waals surface area contributed by atoms with Crippen LogP contribution < -0.4 is 0 Å². The van der Waals surface area contributed by atoms with Gasteiger partial charge in [0, 0.05) is 5.56 Å². The molecule has 5 nitrogen and oxygen atoms in total. The molecule has 1 aromatic carbocycles. The van der Waals surface area contributed by atoms with Crippen LogP contribution in [0.4, 0.5) is 0 Å². The van der Waals surface area contributed by atoms with Crippen molar-refractivity contribution in [3.8, 4) is 11.3 Å². The predicted octanol–water partition coefficient (Wildman–Crippen LogP) is 2.49. The van der Waals surface area contributed by atoms with E-state index in [0.717, 1.165) is 5.56 Å². The van der Waals surface area contributed by atoms with E-state index in [1.165, 1.54) is 10.8 Å². The first-order valence-corrected chi connectivity index (χ1v) is 5.48. The molecule has 7 heteroatoms. The average molecular weight is 266 g/mol. The lowest BCUT2D eigenvalue weighted by Crippen LogP contribution is -1.95. The molecule has 0 aliphatic rings. The van der Waals surface area contributed by atoms with Crippen molar-refractivity contribution >= 4 is 29.0 Å². The lowest BCUT2D eigenvalue weighted by atomic mass is 10.2. The average Bonchev–Trinajstić information content (AvgIpc) is 2.79. The zero-order chi connectivity index (χ0) is 11.8. The molecular formula is C10H5Cl2N5. The highest BCUT2D eigenvalue weighted by molar-refractivity contribution is 6.42. The van der Waals surface area contributed by atoms with Crippen molar-refractivity contribution in [2.24, 2.45) is 0 Å². The Morgan fingerprint density at radius 3 is 2.82 bits per heavy atom. The summed E-state index contributed by atoms with van der Waals surface area (Å²) >= 11 is 11.8. The van der Waals surface area contributed by atoms with E-state index in [9.17, 15) is 0 Å². The molecule has 3 aromatic rings. The van der Waals surface area contributed by atoms with Gasteiger partial charge in [-0.1, -0.05) is 29.3 Å². The molecular weight excluding hydrogens is 261 g/mol. The first kappa shape index (κ1) is 10.4. The van der Waals surface area contributed by atoms with Crippen LogP contribution in [-0.2, 0) is 0 Å². The normalized spacial score (nSPS) is 10.9. The Morgan fingerprint density at radius 1 is 1.12 bits per heavy atom. The molecule has 0 spiro atoms. The smallest absolute Gasteiger partial charge is 0.208 e. The van der Waals surface area contributed by atoms with Gasteiger partial charge in [0.25, 0.3) is 5.78 Å². The van der Waals surface area contributed by atoms with Gasteiger partial charge >= 0.3 is 0 Å². The molecule has 0 unspecified atom stereocenters. The van der Waals surface area contributed by atoms with Gasteiger partial charge in [0.1, 0.15) is 6.33 Å². The highest BCUT2D eigenvalue weighted by atomic mass is 35.5. The van der Waals surface area contributed by atoms with E-state index in [4.69, 9.17) is 23.2 Å². The molecule has 0 aliphatic carbocycles. The van der Waals surface area contributed by atoms with Crippen molar-refractivity contribution in [1.82, 2.24) is 24.8 Å². The summed E-state index contributed by atoms with van der Waals surface area (Å²) in [6, 6.07) is 5.28. The van der Waals surface area contributed by atoms with Crippen molar-refractivity contribution in [2.75, 3.05) is 0 Å². The summed E-state index contributed by atoms with van der Waals surface area (Å²) in [7, 11) is 0. The molecule has 0 aliphatic heterocycles. The van der Waals surface area contributed by atoms with Crippen molar-refractivity contribution in [3.63, 3.8) is 0 Å². The second kappa shape index (κ2) is 3.94. The van der Waals surface area contributed by atoms with Gasteiger partial charge in [0.15, 0.2) is 0 Å². The van der Waals surface area contributed by atoms with Crippen LogP contribution in [0.2, 0.25) is 10.0 Å². The van der Waals surface area contributed by atoms with Crippen molar-refractivity contribution in [3.05, 3.63) is 40.8 Å². The van der Waals surface area contributed by atoms with Crippen LogP contribution in [0.1, 0.15) is 0 Å². The Labute approximate surface area is 106 Å². The minimum atomic E-state index is 0.438. The molecule has 2 heterocycles. The highest BCUT2D eigenvalue weighted by Gasteiger charge is 2.06. The molecule has 84 valence electrons. The maximum absolute atomic E-state index is 5.95. The zero-order valence-electron chi connectivity index (χ0n) is 8.38. The summed E-state index contributed by atoms with van der Waals surface area (Å²) in [4.78, 5) is 4.30. The number of nitrogens with zero attached hydrogens (tertiary/aromatic N) is 5. The van der Waals surface area contributed by atoms with Gasteiger partial charge in [-0.25, -0.2) is 4.98 Å². The second-order valence-electron chi connectivity index (χ2n) is 3.35. The summed E-state index contributed by atoms with van der Waals surface area (Å²) in [5, 5.41) is 12.6.